The number of phenols is 1. The molecule has 3 rings (SSSR count). The number of rotatable bonds is 5. The van der Waals surface area contributed by atoms with Gasteiger partial charge in [0, 0.05) is 12.0 Å². The highest BCUT2D eigenvalue weighted by Gasteiger charge is 2.30. The zero-order valence-corrected chi connectivity index (χ0v) is 15.4. The first kappa shape index (κ1) is 18.9. The molecule has 0 bridgehead atoms. The Bertz CT molecular complexity index is 812. The van der Waals surface area contributed by atoms with Gasteiger partial charge >= 0.3 is 0 Å². The number of phenolic OH excluding ortho intramolecular Hbond substituents is 1. The predicted octanol–water partition coefficient (Wildman–Crippen LogP) is 2.37. The van der Waals surface area contributed by atoms with Gasteiger partial charge in [0.25, 0.3) is 0 Å². The molecule has 1 fully saturated rings. The Morgan fingerprint density at radius 1 is 1.26 bits per heavy atom. The summed E-state index contributed by atoms with van der Waals surface area (Å²) >= 11 is 0. The summed E-state index contributed by atoms with van der Waals surface area (Å²) in [7, 11) is 0. The lowest BCUT2D eigenvalue weighted by Gasteiger charge is -2.34. The van der Waals surface area contributed by atoms with Crippen LogP contribution in [0.3, 0.4) is 0 Å². The Kier molecular flexibility index (Phi) is 5.75. The molecule has 27 heavy (non-hydrogen) atoms. The van der Waals surface area contributed by atoms with Crippen molar-refractivity contribution in [1.29, 1.82) is 0 Å². The van der Waals surface area contributed by atoms with Crippen LogP contribution in [0.15, 0.2) is 34.9 Å². The summed E-state index contributed by atoms with van der Waals surface area (Å²) in [6.07, 6.45) is 1.31. The van der Waals surface area contributed by atoms with Gasteiger partial charge in [-0.25, -0.2) is 0 Å². The number of hydrogen-bond donors (Lipinski definition) is 3. The van der Waals surface area contributed by atoms with Gasteiger partial charge in [-0.3, -0.25) is 14.5 Å². The van der Waals surface area contributed by atoms with E-state index in [2.05, 4.69) is 15.8 Å². The van der Waals surface area contributed by atoms with E-state index in [4.69, 9.17) is 4.52 Å². The lowest BCUT2D eigenvalue weighted by molar-refractivity contribution is -0.123. The third-order valence-electron chi connectivity index (χ3n) is 4.87. The van der Waals surface area contributed by atoms with Gasteiger partial charge in [0.05, 0.1) is 11.7 Å². The van der Waals surface area contributed by atoms with E-state index in [1.165, 1.54) is 6.07 Å². The topological polar surface area (TPSA) is 108 Å². The first-order chi connectivity index (χ1) is 12.9. The van der Waals surface area contributed by atoms with Crippen LogP contribution in [0.1, 0.15) is 25.5 Å². The van der Waals surface area contributed by atoms with Crippen molar-refractivity contribution in [2.24, 2.45) is 5.92 Å². The summed E-state index contributed by atoms with van der Waals surface area (Å²) in [5.41, 5.74) is 0.417. The number of carbonyl (C=O) groups excluding carboxylic acids is 2. The van der Waals surface area contributed by atoms with Gasteiger partial charge in [0.15, 0.2) is 5.82 Å². The fourth-order valence-corrected chi connectivity index (χ4v) is 3.18. The smallest absolute Gasteiger partial charge is 0.242 e. The third kappa shape index (κ3) is 4.65. The Balaban J connectivity index is 1.49. The van der Waals surface area contributed by atoms with Crippen molar-refractivity contribution >= 4 is 23.3 Å². The Morgan fingerprint density at radius 2 is 1.96 bits per heavy atom. The fourth-order valence-electron chi connectivity index (χ4n) is 3.18. The van der Waals surface area contributed by atoms with Gasteiger partial charge in [0.1, 0.15) is 11.5 Å². The SMILES string of the molecule is Cc1cc(NC(=O)[C@H](C)N2CCC(C(=O)Nc3ccccc3O)CC2)no1. The molecule has 2 heterocycles. The summed E-state index contributed by atoms with van der Waals surface area (Å²) in [6.45, 7) is 4.89. The normalized spacial score (nSPS) is 16.7. The van der Waals surface area contributed by atoms with E-state index in [1.807, 2.05) is 11.8 Å². The van der Waals surface area contributed by atoms with Crippen molar-refractivity contribution in [3.05, 3.63) is 36.1 Å². The molecule has 1 saturated heterocycles. The van der Waals surface area contributed by atoms with Crippen LogP contribution in [-0.2, 0) is 9.59 Å². The molecule has 1 aliphatic heterocycles. The molecule has 2 amide bonds. The van der Waals surface area contributed by atoms with Crippen molar-refractivity contribution < 1.29 is 19.2 Å². The van der Waals surface area contributed by atoms with Gasteiger partial charge in [-0.05, 0) is 51.9 Å². The zero-order valence-electron chi connectivity index (χ0n) is 15.4. The zero-order chi connectivity index (χ0) is 19.4. The molecule has 0 radical (unpaired) electrons. The van der Waals surface area contributed by atoms with Gasteiger partial charge in [0.2, 0.25) is 11.8 Å². The Labute approximate surface area is 157 Å². The molecule has 0 aliphatic carbocycles. The number of aryl methyl sites for hydroxylation is 1. The molecule has 1 aliphatic rings. The molecule has 0 saturated carbocycles. The van der Waals surface area contributed by atoms with Crippen LogP contribution in [0.2, 0.25) is 0 Å². The fraction of sp³-hybridized carbons (Fsp3) is 0.421. The predicted molar refractivity (Wildman–Crippen MR) is 100 cm³/mol. The van der Waals surface area contributed by atoms with Crippen LogP contribution in [-0.4, -0.2) is 46.1 Å². The summed E-state index contributed by atoms with van der Waals surface area (Å²) in [5, 5.41) is 19.1. The van der Waals surface area contributed by atoms with Gasteiger partial charge in [-0.2, -0.15) is 0 Å². The van der Waals surface area contributed by atoms with Crippen LogP contribution in [0, 0.1) is 12.8 Å². The van der Waals surface area contributed by atoms with Crippen molar-refractivity contribution in [2.45, 2.75) is 32.7 Å². The standard InChI is InChI=1S/C19H24N4O4/c1-12-11-17(22-27-12)21-18(25)13(2)23-9-7-14(8-10-23)19(26)20-15-5-3-4-6-16(15)24/h3-6,11,13-14,24H,7-10H2,1-2H3,(H,20,26)(H,21,22,25)/t13-/m0/s1. The van der Waals surface area contributed by atoms with Crippen LogP contribution in [0.4, 0.5) is 11.5 Å². The van der Waals surface area contributed by atoms with Crippen LogP contribution in [0.5, 0.6) is 5.75 Å². The number of para-hydroxylation sites is 2. The molecular weight excluding hydrogens is 348 g/mol. The third-order valence-corrected chi connectivity index (χ3v) is 4.87. The molecule has 8 heteroatoms. The number of likely N-dealkylation sites (tertiary alicyclic amines) is 1. The largest absolute Gasteiger partial charge is 0.506 e. The van der Waals surface area contributed by atoms with Gasteiger partial charge in [-0.1, -0.05) is 17.3 Å². The maximum atomic E-state index is 12.4. The van der Waals surface area contributed by atoms with Crippen molar-refractivity contribution in [3.8, 4) is 5.75 Å². The van der Waals surface area contributed by atoms with Gasteiger partial charge < -0.3 is 20.3 Å². The lowest BCUT2D eigenvalue weighted by Crippen LogP contribution is -2.47. The van der Waals surface area contributed by atoms with E-state index >= 15 is 0 Å². The number of benzene rings is 1. The van der Waals surface area contributed by atoms with E-state index in [1.54, 1.807) is 31.2 Å². The van der Waals surface area contributed by atoms with Crippen LogP contribution >= 0.6 is 0 Å². The van der Waals surface area contributed by atoms with Crippen molar-refractivity contribution in [1.82, 2.24) is 10.1 Å². The quantitative estimate of drug-likeness (QED) is 0.696. The van der Waals surface area contributed by atoms with E-state index < -0.39 is 0 Å². The summed E-state index contributed by atoms with van der Waals surface area (Å²) < 4.78 is 4.95. The molecule has 144 valence electrons. The first-order valence-corrected chi connectivity index (χ1v) is 9.01. The maximum absolute atomic E-state index is 12.4. The second-order valence-electron chi connectivity index (χ2n) is 6.80. The average molecular weight is 372 g/mol. The second kappa shape index (κ2) is 8.22. The molecule has 8 nitrogen and oxygen atoms in total. The van der Waals surface area contributed by atoms with Crippen LogP contribution < -0.4 is 10.6 Å². The minimum Gasteiger partial charge on any atom is -0.506 e. The monoisotopic (exact) mass is 372 g/mol. The van der Waals surface area contributed by atoms with E-state index in [9.17, 15) is 14.7 Å². The summed E-state index contributed by atoms with van der Waals surface area (Å²) in [5.74, 6) is 0.688. The molecule has 0 unspecified atom stereocenters. The molecule has 1 aromatic heterocycles. The molecule has 1 atom stereocenters. The number of aromatic hydroxyl groups is 1. The van der Waals surface area contributed by atoms with E-state index in [0.717, 1.165) is 0 Å². The minimum atomic E-state index is -0.329. The highest BCUT2D eigenvalue weighted by atomic mass is 16.5. The molecular formula is C19H24N4O4. The summed E-state index contributed by atoms with van der Waals surface area (Å²) in [6, 6.07) is 8.00. The molecule has 1 aromatic carbocycles. The number of anilines is 2. The number of amides is 2. The Morgan fingerprint density at radius 3 is 2.59 bits per heavy atom. The van der Waals surface area contributed by atoms with Gasteiger partial charge in [-0.15, -0.1) is 0 Å². The molecule has 2 aromatic rings. The second-order valence-corrected chi connectivity index (χ2v) is 6.80. The van der Waals surface area contributed by atoms with E-state index in [0.29, 0.717) is 43.2 Å². The Hall–Kier alpha value is -2.87. The number of carbonyl (C=O) groups is 2. The average Bonchev–Trinajstić information content (AvgIpc) is 3.07. The number of nitrogens with one attached hydrogen (secondary N) is 2. The highest BCUT2D eigenvalue weighted by Crippen LogP contribution is 2.25. The van der Waals surface area contributed by atoms with Crippen molar-refractivity contribution in [2.75, 3.05) is 23.7 Å². The summed E-state index contributed by atoms with van der Waals surface area (Å²) in [4.78, 5) is 26.9. The number of piperidine rings is 1. The van der Waals surface area contributed by atoms with Crippen molar-refractivity contribution in [3.63, 3.8) is 0 Å². The highest BCUT2D eigenvalue weighted by molar-refractivity contribution is 5.94. The molecule has 0 spiro atoms. The molecule has 3 N–H and O–H groups in total. The number of aromatic nitrogens is 1. The lowest BCUT2D eigenvalue weighted by atomic mass is 9.94. The number of hydrogen-bond acceptors (Lipinski definition) is 6. The van der Waals surface area contributed by atoms with E-state index in [-0.39, 0.29) is 29.5 Å². The maximum Gasteiger partial charge on any atom is 0.242 e. The minimum absolute atomic E-state index is 0.0525. The number of nitrogens with zero attached hydrogens (tertiary/aromatic N) is 2. The van der Waals surface area contributed by atoms with Crippen LogP contribution in [0.25, 0.3) is 0 Å². The first-order valence-electron chi connectivity index (χ1n) is 9.01.